The molecular weight excluding hydrogens is 266 g/mol. The number of carbonyl (C=O) groups excluding carboxylic acids is 1. The minimum absolute atomic E-state index is 0.0537. The molecular formula is C13H12ClN3O2. The Hall–Kier alpha value is -2.14. The molecule has 1 amide bonds. The van der Waals surface area contributed by atoms with Crippen molar-refractivity contribution in [3.8, 4) is 5.75 Å². The molecule has 2 rings (SSSR count). The highest BCUT2D eigenvalue weighted by Gasteiger charge is 2.03. The van der Waals surface area contributed by atoms with Crippen molar-refractivity contribution in [2.24, 2.45) is 0 Å². The molecule has 1 aromatic carbocycles. The molecule has 0 saturated heterocycles. The van der Waals surface area contributed by atoms with E-state index >= 15 is 0 Å². The fourth-order valence-corrected chi connectivity index (χ4v) is 1.47. The van der Waals surface area contributed by atoms with Crippen molar-refractivity contribution in [2.45, 2.75) is 6.54 Å². The highest BCUT2D eigenvalue weighted by atomic mass is 35.5. The minimum Gasteiger partial charge on any atom is -0.484 e. The number of halogens is 1. The fraction of sp³-hybridized carbons (Fsp3) is 0.154. The van der Waals surface area contributed by atoms with Crippen LogP contribution in [-0.2, 0) is 11.3 Å². The second-order valence-electron chi connectivity index (χ2n) is 3.72. The molecule has 6 heteroatoms. The molecule has 2 aromatic rings. The quantitative estimate of drug-likeness (QED) is 0.905. The van der Waals surface area contributed by atoms with Gasteiger partial charge in [-0.15, -0.1) is 0 Å². The summed E-state index contributed by atoms with van der Waals surface area (Å²) in [5.74, 6) is 0.375. The highest BCUT2D eigenvalue weighted by molar-refractivity contribution is 6.30. The Labute approximate surface area is 115 Å². The Kier molecular flexibility index (Phi) is 4.69. The smallest absolute Gasteiger partial charge is 0.258 e. The molecule has 5 nitrogen and oxygen atoms in total. The van der Waals surface area contributed by atoms with Crippen LogP contribution in [0, 0.1) is 0 Å². The number of ether oxygens (including phenoxy) is 1. The summed E-state index contributed by atoms with van der Waals surface area (Å²) in [7, 11) is 0. The van der Waals surface area contributed by atoms with Gasteiger partial charge in [0.2, 0.25) is 0 Å². The third-order valence-electron chi connectivity index (χ3n) is 2.27. The summed E-state index contributed by atoms with van der Waals surface area (Å²) >= 11 is 5.74. The number of nitrogens with one attached hydrogen (secondary N) is 1. The lowest BCUT2D eigenvalue weighted by atomic mass is 10.3. The van der Waals surface area contributed by atoms with Crippen LogP contribution in [0.5, 0.6) is 5.75 Å². The van der Waals surface area contributed by atoms with Gasteiger partial charge in [-0.1, -0.05) is 11.6 Å². The van der Waals surface area contributed by atoms with Crippen molar-refractivity contribution in [3.63, 3.8) is 0 Å². The SMILES string of the molecule is O=C(COc1ccc(Cl)cc1)NCc1cnccn1. The maximum absolute atomic E-state index is 11.5. The van der Waals surface area contributed by atoms with E-state index in [1.807, 2.05) is 0 Å². The molecule has 0 unspecified atom stereocenters. The van der Waals surface area contributed by atoms with Crippen molar-refractivity contribution in [1.82, 2.24) is 15.3 Å². The van der Waals surface area contributed by atoms with Gasteiger partial charge in [0.15, 0.2) is 6.61 Å². The molecule has 19 heavy (non-hydrogen) atoms. The van der Waals surface area contributed by atoms with Crippen LogP contribution in [0.2, 0.25) is 5.02 Å². The average Bonchev–Trinajstić information content (AvgIpc) is 2.45. The van der Waals surface area contributed by atoms with Crippen LogP contribution in [0.4, 0.5) is 0 Å². The molecule has 98 valence electrons. The molecule has 0 aliphatic rings. The molecule has 0 atom stereocenters. The number of amides is 1. The Morgan fingerprint density at radius 1 is 1.26 bits per heavy atom. The van der Waals surface area contributed by atoms with Gasteiger partial charge in [0.25, 0.3) is 5.91 Å². The average molecular weight is 278 g/mol. The van der Waals surface area contributed by atoms with E-state index in [2.05, 4.69) is 15.3 Å². The molecule has 1 aromatic heterocycles. The number of rotatable bonds is 5. The molecule has 1 heterocycles. The van der Waals surface area contributed by atoms with Gasteiger partial charge < -0.3 is 10.1 Å². The predicted octanol–water partition coefficient (Wildman–Crippen LogP) is 1.83. The van der Waals surface area contributed by atoms with Gasteiger partial charge in [0.1, 0.15) is 5.75 Å². The van der Waals surface area contributed by atoms with Gasteiger partial charge in [0, 0.05) is 17.4 Å². The summed E-state index contributed by atoms with van der Waals surface area (Å²) < 4.78 is 5.30. The number of hydrogen-bond acceptors (Lipinski definition) is 4. The van der Waals surface area contributed by atoms with E-state index in [1.54, 1.807) is 42.9 Å². The minimum atomic E-state index is -0.222. The van der Waals surface area contributed by atoms with Crippen LogP contribution in [0.15, 0.2) is 42.9 Å². The number of hydrogen-bond donors (Lipinski definition) is 1. The van der Waals surface area contributed by atoms with E-state index in [0.29, 0.717) is 23.0 Å². The number of carbonyl (C=O) groups is 1. The van der Waals surface area contributed by atoms with E-state index in [0.717, 1.165) is 0 Å². The normalized spacial score (nSPS) is 9.95. The maximum Gasteiger partial charge on any atom is 0.258 e. The zero-order chi connectivity index (χ0) is 13.5. The number of aromatic nitrogens is 2. The van der Waals surface area contributed by atoms with Crippen molar-refractivity contribution in [3.05, 3.63) is 53.6 Å². The maximum atomic E-state index is 11.5. The summed E-state index contributed by atoms with van der Waals surface area (Å²) in [5.41, 5.74) is 0.697. The van der Waals surface area contributed by atoms with Crippen molar-refractivity contribution < 1.29 is 9.53 Å². The first-order valence-corrected chi connectivity index (χ1v) is 6.02. The lowest BCUT2D eigenvalue weighted by Crippen LogP contribution is -2.28. The second kappa shape index (κ2) is 6.70. The topological polar surface area (TPSA) is 64.1 Å². The van der Waals surface area contributed by atoms with Crippen molar-refractivity contribution in [2.75, 3.05) is 6.61 Å². The third-order valence-corrected chi connectivity index (χ3v) is 2.52. The van der Waals surface area contributed by atoms with E-state index < -0.39 is 0 Å². The summed E-state index contributed by atoms with van der Waals surface area (Å²) in [6.07, 6.45) is 4.75. The first kappa shape index (κ1) is 13.3. The molecule has 0 fully saturated rings. The summed E-state index contributed by atoms with van der Waals surface area (Å²) in [6.45, 7) is 0.276. The van der Waals surface area contributed by atoms with Gasteiger partial charge >= 0.3 is 0 Å². The zero-order valence-corrected chi connectivity index (χ0v) is 10.8. The highest BCUT2D eigenvalue weighted by Crippen LogP contribution is 2.15. The lowest BCUT2D eigenvalue weighted by Gasteiger charge is -2.07. The molecule has 1 N–H and O–H groups in total. The van der Waals surface area contributed by atoms with Gasteiger partial charge in [-0.05, 0) is 24.3 Å². The summed E-state index contributed by atoms with van der Waals surface area (Å²) in [5, 5.41) is 3.31. The molecule has 0 radical (unpaired) electrons. The van der Waals surface area contributed by atoms with E-state index in [4.69, 9.17) is 16.3 Å². The second-order valence-corrected chi connectivity index (χ2v) is 4.15. The first-order valence-electron chi connectivity index (χ1n) is 5.64. The third kappa shape index (κ3) is 4.56. The van der Waals surface area contributed by atoms with Crippen LogP contribution < -0.4 is 10.1 Å². The van der Waals surface area contributed by atoms with E-state index in [9.17, 15) is 4.79 Å². The first-order chi connectivity index (χ1) is 9.24. The van der Waals surface area contributed by atoms with Crippen molar-refractivity contribution >= 4 is 17.5 Å². The van der Waals surface area contributed by atoms with Gasteiger partial charge in [0.05, 0.1) is 18.4 Å². The predicted molar refractivity (Wildman–Crippen MR) is 70.8 cm³/mol. The Morgan fingerprint density at radius 2 is 2.05 bits per heavy atom. The van der Waals surface area contributed by atoms with Crippen LogP contribution >= 0.6 is 11.6 Å². The Bertz CT molecular complexity index is 531. The Balaban J connectivity index is 1.74. The lowest BCUT2D eigenvalue weighted by molar-refractivity contribution is -0.123. The standard InChI is InChI=1S/C13H12ClN3O2/c14-10-1-3-12(4-2-10)19-9-13(18)17-8-11-7-15-5-6-16-11/h1-7H,8-9H2,(H,17,18). The van der Waals surface area contributed by atoms with Gasteiger partial charge in [-0.25, -0.2) is 0 Å². The summed E-state index contributed by atoms with van der Waals surface area (Å²) in [4.78, 5) is 19.5. The fourth-order valence-electron chi connectivity index (χ4n) is 1.34. The Morgan fingerprint density at radius 3 is 2.74 bits per heavy atom. The van der Waals surface area contributed by atoms with E-state index in [1.165, 1.54) is 0 Å². The largest absolute Gasteiger partial charge is 0.484 e. The molecule has 0 bridgehead atoms. The molecule has 0 spiro atoms. The van der Waals surface area contributed by atoms with Crippen LogP contribution in [-0.4, -0.2) is 22.5 Å². The monoisotopic (exact) mass is 277 g/mol. The summed E-state index contributed by atoms with van der Waals surface area (Å²) in [6, 6.07) is 6.82. The number of benzene rings is 1. The number of nitrogens with zero attached hydrogens (tertiary/aromatic N) is 2. The van der Waals surface area contributed by atoms with Crippen LogP contribution in [0.3, 0.4) is 0 Å². The van der Waals surface area contributed by atoms with Crippen molar-refractivity contribution in [1.29, 1.82) is 0 Å². The van der Waals surface area contributed by atoms with Gasteiger partial charge in [-0.3, -0.25) is 14.8 Å². The molecule has 0 aliphatic carbocycles. The molecule has 0 saturated carbocycles. The molecule has 0 aliphatic heterocycles. The van der Waals surface area contributed by atoms with Crippen LogP contribution in [0.25, 0.3) is 0 Å². The van der Waals surface area contributed by atoms with Crippen LogP contribution in [0.1, 0.15) is 5.69 Å². The zero-order valence-electron chi connectivity index (χ0n) is 10.0. The van der Waals surface area contributed by atoms with E-state index in [-0.39, 0.29) is 12.5 Å². The van der Waals surface area contributed by atoms with Gasteiger partial charge in [-0.2, -0.15) is 0 Å².